The molecule has 0 spiro atoms. The molecule has 20 heavy (non-hydrogen) atoms. The van der Waals surface area contributed by atoms with Crippen molar-refractivity contribution in [3.8, 4) is 0 Å². The standard InChI is InChI=1S/C18H31NO/c1-5-14-19-17(15-18(2,3)20-4)13-9-12-16-10-7-6-8-11-16/h6-8,10-11,17,19H,5,9,12-15H2,1-4H3. The number of hydrogen-bond acceptors (Lipinski definition) is 2. The summed E-state index contributed by atoms with van der Waals surface area (Å²) in [6, 6.07) is 11.3. The van der Waals surface area contributed by atoms with E-state index in [1.807, 2.05) is 0 Å². The van der Waals surface area contributed by atoms with E-state index in [0.29, 0.717) is 6.04 Å². The minimum absolute atomic E-state index is 0.0435. The van der Waals surface area contributed by atoms with Crippen molar-refractivity contribution >= 4 is 0 Å². The lowest BCUT2D eigenvalue weighted by molar-refractivity contribution is 0.00626. The molecule has 1 atom stereocenters. The van der Waals surface area contributed by atoms with E-state index >= 15 is 0 Å². The van der Waals surface area contributed by atoms with Crippen molar-refractivity contribution < 1.29 is 4.74 Å². The number of nitrogens with one attached hydrogen (secondary N) is 1. The zero-order valence-electron chi connectivity index (χ0n) is 13.6. The zero-order valence-corrected chi connectivity index (χ0v) is 13.6. The van der Waals surface area contributed by atoms with Gasteiger partial charge in [-0.2, -0.15) is 0 Å². The van der Waals surface area contributed by atoms with E-state index < -0.39 is 0 Å². The highest BCUT2D eigenvalue weighted by Gasteiger charge is 2.22. The molecule has 0 aliphatic heterocycles. The van der Waals surface area contributed by atoms with Gasteiger partial charge in [0, 0.05) is 13.2 Å². The first-order chi connectivity index (χ1) is 9.57. The molecule has 0 saturated heterocycles. The second-order valence-corrected chi connectivity index (χ2v) is 6.20. The molecule has 1 aromatic carbocycles. The first-order valence-corrected chi connectivity index (χ1v) is 7.90. The monoisotopic (exact) mass is 277 g/mol. The zero-order chi connectivity index (χ0) is 14.8. The van der Waals surface area contributed by atoms with Crippen LogP contribution >= 0.6 is 0 Å². The van der Waals surface area contributed by atoms with Crippen molar-refractivity contribution in [3.05, 3.63) is 35.9 Å². The molecule has 0 fully saturated rings. The van der Waals surface area contributed by atoms with Gasteiger partial charge in [0.25, 0.3) is 0 Å². The molecule has 2 heteroatoms. The molecule has 1 aromatic rings. The normalized spacial score (nSPS) is 13.4. The fraction of sp³-hybridized carbons (Fsp3) is 0.667. The van der Waals surface area contributed by atoms with Crippen LogP contribution in [-0.4, -0.2) is 25.3 Å². The number of methoxy groups -OCH3 is 1. The molecule has 0 amide bonds. The Balaban J connectivity index is 2.40. The van der Waals surface area contributed by atoms with Crippen LogP contribution < -0.4 is 5.32 Å². The highest BCUT2D eigenvalue weighted by molar-refractivity contribution is 5.14. The predicted molar refractivity (Wildman–Crippen MR) is 87.2 cm³/mol. The Morgan fingerprint density at radius 3 is 2.50 bits per heavy atom. The maximum Gasteiger partial charge on any atom is 0.0637 e. The lowest BCUT2D eigenvalue weighted by Crippen LogP contribution is -2.38. The van der Waals surface area contributed by atoms with Gasteiger partial charge in [0.05, 0.1) is 5.60 Å². The van der Waals surface area contributed by atoms with E-state index in [0.717, 1.165) is 13.0 Å². The fourth-order valence-corrected chi connectivity index (χ4v) is 2.50. The van der Waals surface area contributed by atoms with Crippen molar-refractivity contribution in [3.63, 3.8) is 0 Å². The third-order valence-corrected chi connectivity index (χ3v) is 3.83. The third kappa shape index (κ3) is 7.06. The van der Waals surface area contributed by atoms with Gasteiger partial charge in [0.1, 0.15) is 0 Å². The van der Waals surface area contributed by atoms with Crippen molar-refractivity contribution in [2.24, 2.45) is 0 Å². The molecule has 0 radical (unpaired) electrons. The van der Waals surface area contributed by atoms with Crippen LogP contribution in [0.5, 0.6) is 0 Å². The average Bonchev–Trinajstić information content (AvgIpc) is 2.45. The van der Waals surface area contributed by atoms with Crippen LogP contribution in [0.4, 0.5) is 0 Å². The fourth-order valence-electron chi connectivity index (χ4n) is 2.50. The second kappa shape index (κ2) is 9.15. The summed E-state index contributed by atoms with van der Waals surface area (Å²) in [6.07, 6.45) is 5.85. The Morgan fingerprint density at radius 1 is 1.20 bits per heavy atom. The molecular weight excluding hydrogens is 246 g/mol. The van der Waals surface area contributed by atoms with E-state index in [2.05, 4.69) is 56.4 Å². The number of rotatable bonds is 10. The number of aryl methyl sites for hydroxylation is 1. The highest BCUT2D eigenvalue weighted by atomic mass is 16.5. The Hall–Kier alpha value is -0.860. The summed E-state index contributed by atoms with van der Waals surface area (Å²) in [5, 5.41) is 3.67. The van der Waals surface area contributed by atoms with Crippen LogP contribution in [0.25, 0.3) is 0 Å². The van der Waals surface area contributed by atoms with E-state index in [-0.39, 0.29) is 5.60 Å². The van der Waals surface area contributed by atoms with E-state index in [4.69, 9.17) is 4.74 Å². The molecule has 0 bridgehead atoms. The minimum atomic E-state index is -0.0435. The first-order valence-electron chi connectivity index (χ1n) is 7.90. The summed E-state index contributed by atoms with van der Waals surface area (Å²) < 4.78 is 5.57. The van der Waals surface area contributed by atoms with E-state index in [1.54, 1.807) is 7.11 Å². The average molecular weight is 277 g/mol. The van der Waals surface area contributed by atoms with Crippen molar-refractivity contribution in [1.82, 2.24) is 5.32 Å². The summed E-state index contributed by atoms with van der Waals surface area (Å²) in [7, 11) is 1.81. The van der Waals surface area contributed by atoms with Crippen LogP contribution in [0.3, 0.4) is 0 Å². The van der Waals surface area contributed by atoms with Gasteiger partial charge in [-0.15, -0.1) is 0 Å². The molecule has 1 N–H and O–H groups in total. The first kappa shape index (κ1) is 17.2. The van der Waals surface area contributed by atoms with Crippen LogP contribution in [0, 0.1) is 0 Å². The van der Waals surface area contributed by atoms with Gasteiger partial charge >= 0.3 is 0 Å². The van der Waals surface area contributed by atoms with Crippen LogP contribution in [-0.2, 0) is 11.2 Å². The van der Waals surface area contributed by atoms with Gasteiger partial charge in [0.15, 0.2) is 0 Å². The molecule has 0 aliphatic rings. The second-order valence-electron chi connectivity index (χ2n) is 6.20. The van der Waals surface area contributed by atoms with Gasteiger partial charge in [-0.05, 0) is 58.1 Å². The molecule has 0 heterocycles. The van der Waals surface area contributed by atoms with Gasteiger partial charge < -0.3 is 10.1 Å². The summed E-state index contributed by atoms with van der Waals surface area (Å²) in [6.45, 7) is 7.65. The lowest BCUT2D eigenvalue weighted by atomic mass is 9.94. The molecule has 1 unspecified atom stereocenters. The molecule has 0 aliphatic carbocycles. The Morgan fingerprint density at radius 2 is 1.90 bits per heavy atom. The third-order valence-electron chi connectivity index (χ3n) is 3.83. The SMILES string of the molecule is CCCNC(CCCc1ccccc1)CC(C)(C)OC. The van der Waals surface area contributed by atoms with Gasteiger partial charge in [-0.3, -0.25) is 0 Å². The van der Waals surface area contributed by atoms with Crippen molar-refractivity contribution in [2.75, 3.05) is 13.7 Å². The largest absolute Gasteiger partial charge is 0.379 e. The molecule has 114 valence electrons. The van der Waals surface area contributed by atoms with Crippen LogP contribution in [0.2, 0.25) is 0 Å². The lowest BCUT2D eigenvalue weighted by Gasteiger charge is -2.29. The van der Waals surface area contributed by atoms with Gasteiger partial charge in [-0.1, -0.05) is 37.3 Å². The van der Waals surface area contributed by atoms with Crippen molar-refractivity contribution in [1.29, 1.82) is 0 Å². The molecular formula is C18H31NO. The summed E-state index contributed by atoms with van der Waals surface area (Å²) in [5.74, 6) is 0. The quantitative estimate of drug-likeness (QED) is 0.692. The maximum absolute atomic E-state index is 5.57. The topological polar surface area (TPSA) is 21.3 Å². The molecule has 2 nitrogen and oxygen atoms in total. The molecule has 0 saturated carbocycles. The number of benzene rings is 1. The Bertz CT molecular complexity index is 348. The Kier molecular flexibility index (Phi) is 7.86. The predicted octanol–water partition coefficient (Wildman–Crippen LogP) is 4.19. The summed E-state index contributed by atoms with van der Waals surface area (Å²) >= 11 is 0. The number of hydrogen-bond donors (Lipinski definition) is 1. The molecule has 1 rings (SSSR count). The van der Waals surface area contributed by atoms with Crippen LogP contribution in [0.15, 0.2) is 30.3 Å². The maximum atomic E-state index is 5.57. The van der Waals surface area contributed by atoms with Gasteiger partial charge in [0.2, 0.25) is 0 Å². The van der Waals surface area contributed by atoms with Crippen LogP contribution in [0.1, 0.15) is 52.0 Å². The summed E-state index contributed by atoms with van der Waals surface area (Å²) in [5.41, 5.74) is 1.39. The number of ether oxygens (including phenoxy) is 1. The van der Waals surface area contributed by atoms with E-state index in [9.17, 15) is 0 Å². The minimum Gasteiger partial charge on any atom is -0.379 e. The Labute approximate surface area is 124 Å². The molecule has 0 aromatic heterocycles. The smallest absolute Gasteiger partial charge is 0.0637 e. The highest BCUT2D eigenvalue weighted by Crippen LogP contribution is 2.19. The summed E-state index contributed by atoms with van der Waals surface area (Å²) in [4.78, 5) is 0. The van der Waals surface area contributed by atoms with Gasteiger partial charge in [-0.25, -0.2) is 0 Å². The van der Waals surface area contributed by atoms with Crippen molar-refractivity contribution in [2.45, 2.75) is 64.5 Å². The van der Waals surface area contributed by atoms with E-state index in [1.165, 1.54) is 31.2 Å².